The predicted molar refractivity (Wildman–Crippen MR) is 78.7 cm³/mol. The molecule has 3 N–H and O–H groups in total. The highest BCUT2D eigenvalue weighted by atomic mass is 32.2. The molecule has 0 aliphatic carbocycles. The van der Waals surface area contributed by atoms with Gasteiger partial charge in [-0.2, -0.15) is 0 Å². The number of nitrogens with one attached hydrogen (secondary N) is 1. The Bertz CT molecular complexity index is 530. The average molecular weight is 294 g/mol. The zero-order valence-electron chi connectivity index (χ0n) is 10.2. The molecule has 2 aromatic heterocycles. The minimum atomic E-state index is -0.465. The Morgan fingerprint density at radius 1 is 1.47 bits per heavy atom. The van der Waals surface area contributed by atoms with Crippen LogP contribution in [0.3, 0.4) is 0 Å². The summed E-state index contributed by atoms with van der Waals surface area (Å²) in [5.74, 6) is 0.519. The van der Waals surface area contributed by atoms with Gasteiger partial charge in [-0.1, -0.05) is 11.8 Å². The first-order chi connectivity index (χ1) is 9.27. The van der Waals surface area contributed by atoms with Crippen molar-refractivity contribution in [1.82, 2.24) is 9.97 Å². The van der Waals surface area contributed by atoms with Crippen LogP contribution in [0.15, 0.2) is 34.4 Å². The topological polar surface area (TPSA) is 80.9 Å². The van der Waals surface area contributed by atoms with Gasteiger partial charge in [0.05, 0.1) is 11.3 Å². The molecule has 0 spiro atoms. The number of nitrogens with zero attached hydrogens (tertiary/aromatic N) is 2. The van der Waals surface area contributed by atoms with Crippen LogP contribution in [0.4, 0.5) is 5.69 Å². The number of carbonyl (C=O) groups excluding carboxylic acids is 1. The van der Waals surface area contributed by atoms with Crippen molar-refractivity contribution in [2.45, 2.75) is 10.8 Å². The number of pyridine rings is 1. The molecular formula is C12H14N4OS2. The summed E-state index contributed by atoms with van der Waals surface area (Å²) < 4.78 is 1.08. The quantitative estimate of drug-likeness (QED) is 0.604. The van der Waals surface area contributed by atoms with E-state index in [9.17, 15) is 4.79 Å². The molecule has 0 fully saturated rings. The van der Waals surface area contributed by atoms with Gasteiger partial charge in [-0.05, 0) is 12.5 Å². The lowest BCUT2D eigenvalue weighted by Crippen LogP contribution is -2.15. The summed E-state index contributed by atoms with van der Waals surface area (Å²) in [4.78, 5) is 19.3. The minimum Gasteiger partial charge on any atom is -0.384 e. The maximum Gasteiger partial charge on any atom is 0.252 e. The van der Waals surface area contributed by atoms with Crippen LogP contribution in [0.2, 0.25) is 0 Å². The molecule has 0 atom stereocenters. The van der Waals surface area contributed by atoms with Crippen molar-refractivity contribution in [1.29, 1.82) is 0 Å². The molecule has 2 heterocycles. The Morgan fingerprint density at radius 3 is 3.11 bits per heavy atom. The first-order valence-electron chi connectivity index (χ1n) is 5.77. The van der Waals surface area contributed by atoms with Gasteiger partial charge in [0.1, 0.15) is 4.34 Å². The van der Waals surface area contributed by atoms with Crippen molar-refractivity contribution in [3.05, 3.63) is 35.6 Å². The van der Waals surface area contributed by atoms with Crippen LogP contribution in [0.1, 0.15) is 16.8 Å². The molecule has 0 saturated carbocycles. The summed E-state index contributed by atoms with van der Waals surface area (Å²) >= 11 is 3.38. The van der Waals surface area contributed by atoms with Gasteiger partial charge in [-0.15, -0.1) is 11.3 Å². The summed E-state index contributed by atoms with van der Waals surface area (Å²) in [6.07, 6.45) is 5.90. The third-order valence-corrected chi connectivity index (χ3v) is 4.41. The molecule has 0 bridgehead atoms. The highest BCUT2D eigenvalue weighted by molar-refractivity contribution is 8.00. The number of thioether (sulfide) groups is 1. The zero-order chi connectivity index (χ0) is 13.5. The van der Waals surface area contributed by atoms with E-state index >= 15 is 0 Å². The number of hydrogen-bond acceptors (Lipinski definition) is 6. The lowest BCUT2D eigenvalue weighted by atomic mass is 10.2. The Morgan fingerprint density at radius 2 is 2.37 bits per heavy atom. The maximum absolute atomic E-state index is 11.2. The predicted octanol–water partition coefficient (Wildman–Crippen LogP) is 2.23. The van der Waals surface area contributed by atoms with Crippen molar-refractivity contribution in [2.75, 3.05) is 17.6 Å². The van der Waals surface area contributed by atoms with Crippen molar-refractivity contribution in [3.63, 3.8) is 0 Å². The molecule has 0 unspecified atom stereocenters. The molecule has 7 heteroatoms. The highest BCUT2D eigenvalue weighted by Crippen LogP contribution is 2.20. The third-order valence-electron chi connectivity index (χ3n) is 2.36. The van der Waals surface area contributed by atoms with Gasteiger partial charge in [-0.3, -0.25) is 9.78 Å². The molecule has 5 nitrogen and oxygen atoms in total. The molecule has 19 heavy (non-hydrogen) atoms. The first kappa shape index (κ1) is 13.8. The lowest BCUT2D eigenvalue weighted by molar-refractivity contribution is 0.100. The van der Waals surface area contributed by atoms with E-state index in [4.69, 9.17) is 5.73 Å². The fourth-order valence-corrected chi connectivity index (χ4v) is 3.13. The fraction of sp³-hybridized carbons (Fsp3) is 0.250. The number of primary amides is 1. The van der Waals surface area contributed by atoms with Gasteiger partial charge < -0.3 is 11.1 Å². The maximum atomic E-state index is 11.2. The van der Waals surface area contributed by atoms with E-state index in [2.05, 4.69) is 15.3 Å². The standard InChI is InChI=1S/C12H14N4OS2/c13-11(17)9-8-14-4-2-10(9)15-3-1-6-18-12-16-5-7-19-12/h2,4-5,7-8H,1,3,6H2,(H2,13,17)(H,14,15). The van der Waals surface area contributed by atoms with Crippen LogP contribution < -0.4 is 11.1 Å². The molecular weight excluding hydrogens is 280 g/mol. The Balaban J connectivity index is 1.75. The third kappa shape index (κ3) is 4.22. The second kappa shape index (κ2) is 7.10. The molecule has 0 saturated heterocycles. The smallest absolute Gasteiger partial charge is 0.252 e. The Kier molecular flexibility index (Phi) is 5.17. The average Bonchev–Trinajstić information content (AvgIpc) is 2.92. The van der Waals surface area contributed by atoms with Gasteiger partial charge in [-0.25, -0.2) is 4.98 Å². The van der Waals surface area contributed by atoms with Crippen LogP contribution in [-0.4, -0.2) is 28.2 Å². The van der Waals surface area contributed by atoms with Crippen molar-refractivity contribution < 1.29 is 4.79 Å². The largest absolute Gasteiger partial charge is 0.384 e. The van der Waals surface area contributed by atoms with Crippen LogP contribution >= 0.6 is 23.1 Å². The van der Waals surface area contributed by atoms with E-state index in [1.165, 1.54) is 6.20 Å². The van der Waals surface area contributed by atoms with Crippen LogP contribution in [-0.2, 0) is 0 Å². The summed E-state index contributed by atoms with van der Waals surface area (Å²) in [7, 11) is 0. The van der Waals surface area contributed by atoms with E-state index in [0.29, 0.717) is 5.56 Å². The van der Waals surface area contributed by atoms with Crippen molar-refractivity contribution in [3.8, 4) is 0 Å². The summed E-state index contributed by atoms with van der Waals surface area (Å²) in [5.41, 5.74) is 6.44. The molecule has 2 aromatic rings. The number of aromatic nitrogens is 2. The van der Waals surface area contributed by atoms with E-state index in [1.807, 2.05) is 5.38 Å². The van der Waals surface area contributed by atoms with E-state index in [0.717, 1.165) is 28.7 Å². The number of rotatable bonds is 7. The Hall–Kier alpha value is -1.60. The molecule has 1 amide bonds. The number of anilines is 1. The first-order valence-corrected chi connectivity index (χ1v) is 7.64. The minimum absolute atomic E-state index is 0.426. The summed E-state index contributed by atoms with van der Waals surface area (Å²) in [6.45, 7) is 0.780. The molecule has 2 rings (SSSR count). The SMILES string of the molecule is NC(=O)c1cnccc1NCCCSc1nccs1. The molecule has 100 valence electrons. The normalized spacial score (nSPS) is 10.3. The monoisotopic (exact) mass is 294 g/mol. The van der Waals surface area contributed by atoms with E-state index in [1.54, 1.807) is 41.6 Å². The number of amides is 1. The van der Waals surface area contributed by atoms with Crippen molar-refractivity contribution in [2.24, 2.45) is 5.73 Å². The number of thiazole rings is 1. The molecule has 0 radical (unpaired) electrons. The highest BCUT2D eigenvalue weighted by Gasteiger charge is 2.06. The molecule has 0 aromatic carbocycles. The Labute approximate surface area is 119 Å². The molecule has 0 aliphatic rings. The fourth-order valence-electron chi connectivity index (χ4n) is 1.48. The van der Waals surface area contributed by atoms with Gasteiger partial charge in [0.25, 0.3) is 5.91 Å². The second-order valence-corrected chi connectivity index (χ2v) is 5.95. The van der Waals surface area contributed by atoms with Gasteiger partial charge in [0.2, 0.25) is 0 Å². The lowest BCUT2D eigenvalue weighted by Gasteiger charge is -2.08. The zero-order valence-corrected chi connectivity index (χ0v) is 11.8. The number of hydrogen-bond donors (Lipinski definition) is 2. The second-order valence-electron chi connectivity index (χ2n) is 3.71. The number of carbonyl (C=O) groups is 1. The van der Waals surface area contributed by atoms with Gasteiger partial charge in [0.15, 0.2) is 0 Å². The van der Waals surface area contributed by atoms with Gasteiger partial charge >= 0.3 is 0 Å². The van der Waals surface area contributed by atoms with E-state index < -0.39 is 5.91 Å². The summed E-state index contributed by atoms with van der Waals surface area (Å²) in [6, 6.07) is 1.76. The molecule has 0 aliphatic heterocycles. The summed E-state index contributed by atoms with van der Waals surface area (Å²) in [5, 5.41) is 5.17. The van der Waals surface area contributed by atoms with Crippen molar-refractivity contribution >= 4 is 34.7 Å². The number of nitrogens with two attached hydrogens (primary N) is 1. The van der Waals surface area contributed by atoms with Crippen LogP contribution in [0, 0.1) is 0 Å². The van der Waals surface area contributed by atoms with Crippen LogP contribution in [0.25, 0.3) is 0 Å². The van der Waals surface area contributed by atoms with Crippen LogP contribution in [0.5, 0.6) is 0 Å². The van der Waals surface area contributed by atoms with Gasteiger partial charge in [0, 0.05) is 36.3 Å². The van der Waals surface area contributed by atoms with E-state index in [-0.39, 0.29) is 0 Å².